The third kappa shape index (κ3) is 24.6. The Morgan fingerprint density at radius 1 is 0.558 bits per heavy atom. The van der Waals surface area contributed by atoms with Crippen LogP contribution in [0.1, 0.15) is 59.3 Å². The highest BCUT2D eigenvalue weighted by atomic mass is 32.3. The van der Waals surface area contributed by atoms with Gasteiger partial charge in [0.1, 0.15) is 0 Å². The first-order chi connectivity index (χ1) is 18.8. The molecule has 0 aromatic heterocycles. The fourth-order valence-corrected chi connectivity index (χ4v) is 12.4. The van der Waals surface area contributed by atoms with Crippen LogP contribution >= 0.6 is 7.26 Å². The van der Waals surface area contributed by atoms with E-state index in [1.165, 1.54) is 45.1 Å². The maximum atomic E-state index is 11.4. The van der Waals surface area contributed by atoms with E-state index in [1.807, 2.05) is 0 Å². The SMILES string of the molecule is CCC[P+](CCC)(CCC)CCCCC[N+](C)(C)C.CS(=O)(=O)[N-]S(=O)(=O)C(F)(F)F.CS(=O)(=O)[N-]S(=O)(=O)C(F)(F)F. The summed E-state index contributed by atoms with van der Waals surface area (Å²) in [6, 6.07) is 0. The van der Waals surface area contributed by atoms with E-state index in [1.54, 1.807) is 32.9 Å². The number of sulfonamides is 4. The first-order valence-corrected chi connectivity index (χ1v) is 22.1. The Morgan fingerprint density at radius 3 is 1.05 bits per heavy atom. The molecule has 0 aromatic carbocycles. The van der Waals surface area contributed by atoms with Crippen LogP contribution in [0.15, 0.2) is 0 Å². The Bertz CT molecular complexity index is 1140. The number of halogens is 6. The van der Waals surface area contributed by atoms with Crippen LogP contribution in [-0.4, -0.2) is 114 Å². The summed E-state index contributed by atoms with van der Waals surface area (Å²) >= 11 is 0. The number of hydrogen-bond acceptors (Lipinski definition) is 8. The molecular formula is C21H46F6N3O8PS4. The lowest BCUT2D eigenvalue weighted by Gasteiger charge is -2.27. The molecule has 0 aromatic rings. The summed E-state index contributed by atoms with van der Waals surface area (Å²) in [5, 5.41) is 0. The quantitative estimate of drug-likeness (QED) is 0.0873. The van der Waals surface area contributed by atoms with E-state index in [4.69, 9.17) is 0 Å². The number of quaternary nitrogens is 1. The van der Waals surface area contributed by atoms with E-state index in [0.29, 0.717) is 0 Å². The lowest BCUT2D eigenvalue weighted by molar-refractivity contribution is -0.870. The van der Waals surface area contributed by atoms with Crippen molar-refractivity contribution >= 4 is 47.4 Å². The van der Waals surface area contributed by atoms with Crippen molar-refractivity contribution in [3.63, 3.8) is 0 Å². The van der Waals surface area contributed by atoms with Gasteiger partial charge in [-0.15, -0.1) is 0 Å². The van der Waals surface area contributed by atoms with Gasteiger partial charge in [-0.1, -0.05) is 20.8 Å². The molecule has 0 aliphatic carbocycles. The third-order valence-corrected chi connectivity index (χ3v) is 15.5. The van der Waals surface area contributed by atoms with E-state index in [0.717, 1.165) is 4.48 Å². The first-order valence-electron chi connectivity index (χ1n) is 13.0. The topological polar surface area (TPSA) is 165 Å². The second-order valence-electron chi connectivity index (χ2n) is 10.8. The predicted octanol–water partition coefficient (Wildman–Crippen LogP) is 5.45. The number of alkyl halides is 6. The van der Waals surface area contributed by atoms with Crippen LogP contribution in [0.5, 0.6) is 0 Å². The number of unbranched alkanes of at least 4 members (excludes halogenated alkanes) is 2. The van der Waals surface area contributed by atoms with Gasteiger partial charge in [0.05, 0.1) is 72.4 Å². The molecule has 0 spiro atoms. The zero-order valence-electron chi connectivity index (χ0n) is 25.7. The van der Waals surface area contributed by atoms with Gasteiger partial charge in [-0.25, -0.2) is 33.7 Å². The van der Waals surface area contributed by atoms with Crippen LogP contribution in [-0.2, 0) is 40.1 Å². The Hall–Kier alpha value is -0.310. The standard InChI is InChI=1S/C17H40NP.2C2H3F3NO4S2/c1-7-14-19(15-8-2,16-9-3)17-12-10-11-13-18(4,5)6;2*1-11(7,8)6-12(9,10)2(3,4)5/h7-17H2,1-6H3;2*1H3/q+2;2*-1. The lowest BCUT2D eigenvalue weighted by Crippen LogP contribution is -2.35. The molecule has 0 fully saturated rings. The minimum absolute atomic E-state index is 0.246. The third-order valence-electron chi connectivity index (χ3n) is 5.11. The van der Waals surface area contributed by atoms with E-state index in [-0.39, 0.29) is 12.5 Å². The molecule has 0 rings (SSSR count). The van der Waals surface area contributed by atoms with Crippen LogP contribution in [0.3, 0.4) is 0 Å². The summed E-state index contributed by atoms with van der Waals surface area (Å²) in [5.41, 5.74) is -11.3. The zero-order chi connectivity index (χ0) is 35.2. The van der Waals surface area contributed by atoms with Gasteiger partial charge < -0.3 is 12.7 Å². The number of nitrogens with zero attached hydrogens (tertiary/aromatic N) is 3. The molecule has 0 saturated carbocycles. The molecule has 0 N–H and O–H groups in total. The zero-order valence-corrected chi connectivity index (χ0v) is 29.9. The second kappa shape index (κ2) is 18.7. The normalized spacial score (nSPS) is 13.9. The van der Waals surface area contributed by atoms with E-state index >= 15 is 0 Å². The summed E-state index contributed by atoms with van der Waals surface area (Å²) in [7, 11) is -14.6. The molecule has 0 aliphatic heterocycles. The van der Waals surface area contributed by atoms with Crippen LogP contribution < -0.4 is 0 Å². The van der Waals surface area contributed by atoms with Gasteiger partial charge in [-0.2, -0.15) is 26.3 Å². The minimum atomic E-state index is -5.92. The largest absolute Gasteiger partial charge is 0.480 e. The van der Waals surface area contributed by atoms with E-state index in [9.17, 15) is 60.0 Å². The Balaban J connectivity index is -0.000000584. The molecule has 0 saturated heterocycles. The maximum absolute atomic E-state index is 11.4. The molecule has 0 bridgehead atoms. The van der Waals surface area contributed by atoms with E-state index < -0.39 is 58.4 Å². The fraction of sp³-hybridized carbons (Fsp3) is 1.00. The molecule has 0 amide bonds. The highest BCUT2D eigenvalue weighted by Crippen LogP contribution is 2.60. The van der Waals surface area contributed by atoms with Gasteiger partial charge in [-0.05, 0) is 38.5 Å². The van der Waals surface area contributed by atoms with Crippen molar-refractivity contribution in [2.45, 2.75) is 70.3 Å². The summed E-state index contributed by atoms with van der Waals surface area (Å²) in [5.74, 6) is 0. The predicted molar refractivity (Wildman–Crippen MR) is 160 cm³/mol. The minimum Gasteiger partial charge on any atom is -0.429 e. The van der Waals surface area contributed by atoms with Crippen molar-refractivity contribution in [1.29, 1.82) is 0 Å². The highest BCUT2D eigenvalue weighted by molar-refractivity contribution is 8.12. The van der Waals surface area contributed by atoms with Crippen molar-refractivity contribution in [3.8, 4) is 0 Å². The fourth-order valence-electron chi connectivity index (χ4n) is 3.74. The molecule has 0 unspecified atom stereocenters. The maximum Gasteiger partial charge on any atom is 0.480 e. The first kappa shape index (κ1) is 47.1. The Kier molecular flexibility index (Phi) is 20.5. The molecule has 0 atom stereocenters. The smallest absolute Gasteiger partial charge is 0.429 e. The lowest BCUT2D eigenvalue weighted by atomic mass is 10.2. The molecule has 43 heavy (non-hydrogen) atoms. The number of rotatable bonds is 16. The van der Waals surface area contributed by atoms with Gasteiger partial charge in [0.2, 0.25) is 0 Å². The van der Waals surface area contributed by atoms with Crippen molar-refractivity contribution in [2.75, 3.05) is 64.8 Å². The van der Waals surface area contributed by atoms with Crippen LogP contribution in [0.2, 0.25) is 0 Å². The average Bonchev–Trinajstić information content (AvgIpc) is 2.69. The number of hydrogen-bond donors (Lipinski definition) is 0. The Morgan fingerprint density at radius 2 is 0.860 bits per heavy atom. The van der Waals surface area contributed by atoms with Crippen LogP contribution in [0.25, 0.3) is 8.25 Å². The molecule has 0 radical (unpaired) electrons. The van der Waals surface area contributed by atoms with Crippen molar-refractivity contribution in [2.24, 2.45) is 0 Å². The highest BCUT2D eigenvalue weighted by Gasteiger charge is 2.40. The van der Waals surface area contributed by atoms with Crippen molar-refractivity contribution in [3.05, 3.63) is 8.25 Å². The summed E-state index contributed by atoms with van der Waals surface area (Å²) in [6.07, 6.45) is 15.3. The van der Waals surface area contributed by atoms with Crippen molar-refractivity contribution < 1.29 is 64.5 Å². The van der Waals surface area contributed by atoms with Crippen LogP contribution in [0.4, 0.5) is 26.3 Å². The van der Waals surface area contributed by atoms with Gasteiger partial charge >= 0.3 is 11.0 Å². The monoisotopic (exact) mass is 741 g/mol. The molecule has 0 aliphatic rings. The second-order valence-corrected chi connectivity index (χ2v) is 22.2. The molecular weight excluding hydrogens is 695 g/mol. The summed E-state index contributed by atoms with van der Waals surface area (Å²) < 4.78 is 153. The van der Waals surface area contributed by atoms with Crippen molar-refractivity contribution in [1.82, 2.24) is 0 Å². The Labute approximate surface area is 254 Å². The van der Waals surface area contributed by atoms with E-state index in [2.05, 4.69) is 41.9 Å². The van der Waals surface area contributed by atoms with Crippen LogP contribution in [0, 0.1) is 0 Å². The summed E-state index contributed by atoms with van der Waals surface area (Å²) in [6.45, 7) is 8.49. The molecule has 11 nitrogen and oxygen atoms in total. The molecule has 264 valence electrons. The van der Waals surface area contributed by atoms with Gasteiger partial charge in [-0.3, -0.25) is 0 Å². The molecule has 22 heteroatoms. The molecule has 0 heterocycles. The average molecular weight is 742 g/mol. The summed E-state index contributed by atoms with van der Waals surface area (Å²) in [4.78, 5) is 0. The van der Waals surface area contributed by atoms with Gasteiger partial charge in [0.25, 0.3) is 0 Å². The van der Waals surface area contributed by atoms with Gasteiger partial charge in [0, 0.05) is 19.8 Å². The van der Waals surface area contributed by atoms with Gasteiger partial charge in [0.15, 0.2) is 20.0 Å².